The van der Waals surface area contributed by atoms with Crippen molar-refractivity contribution >= 4 is 6.21 Å². The van der Waals surface area contributed by atoms with Crippen LogP contribution in [0, 0.1) is 0 Å². The molecule has 0 saturated heterocycles. The Hall–Kier alpha value is -1.81. The molecule has 1 aromatic carbocycles. The van der Waals surface area contributed by atoms with Gasteiger partial charge in [-0.15, -0.1) is 0 Å². The molecule has 0 atom stereocenters. The molecule has 4 heteroatoms. The second kappa shape index (κ2) is 6.21. The number of hydrogen-bond donors (Lipinski definition) is 1. The third-order valence-corrected chi connectivity index (χ3v) is 2.91. The molecule has 4 nitrogen and oxygen atoms in total. The van der Waals surface area contributed by atoms with Gasteiger partial charge in [0.25, 0.3) is 0 Å². The molecule has 0 spiro atoms. The van der Waals surface area contributed by atoms with E-state index in [-0.39, 0.29) is 0 Å². The van der Waals surface area contributed by atoms with Crippen molar-refractivity contribution in [3.05, 3.63) is 47.8 Å². The fourth-order valence-corrected chi connectivity index (χ4v) is 1.99. The van der Waals surface area contributed by atoms with Gasteiger partial charge in [-0.1, -0.05) is 30.3 Å². The zero-order valence-electron chi connectivity index (χ0n) is 11.0. The highest BCUT2D eigenvalue weighted by molar-refractivity contribution is 5.52. The van der Waals surface area contributed by atoms with Gasteiger partial charge in [-0.05, 0) is 18.6 Å². The van der Waals surface area contributed by atoms with Crippen molar-refractivity contribution in [3.63, 3.8) is 0 Å². The van der Waals surface area contributed by atoms with Crippen molar-refractivity contribution in [2.75, 3.05) is 20.3 Å². The summed E-state index contributed by atoms with van der Waals surface area (Å²) in [4.78, 5) is 2.35. The minimum atomic E-state index is 0.851. The Morgan fingerprint density at radius 2 is 2.17 bits per heavy atom. The molecular formula is C14H20N4. The van der Waals surface area contributed by atoms with Crippen LogP contribution in [0.1, 0.15) is 12.5 Å². The summed E-state index contributed by atoms with van der Waals surface area (Å²) in [6.45, 7) is 4.69. The molecule has 0 unspecified atom stereocenters. The van der Waals surface area contributed by atoms with E-state index in [1.807, 2.05) is 25.0 Å². The third-order valence-electron chi connectivity index (χ3n) is 2.91. The first-order valence-corrected chi connectivity index (χ1v) is 6.22. The molecular weight excluding hydrogens is 224 g/mol. The van der Waals surface area contributed by atoms with Crippen LogP contribution in [0.25, 0.3) is 0 Å². The van der Waals surface area contributed by atoms with Gasteiger partial charge in [-0.3, -0.25) is 9.91 Å². The molecule has 1 aliphatic rings. The molecule has 0 fully saturated rings. The molecule has 1 aromatic rings. The Labute approximate surface area is 109 Å². The van der Waals surface area contributed by atoms with E-state index in [1.54, 1.807) is 6.21 Å². The Kier molecular flexibility index (Phi) is 4.36. The van der Waals surface area contributed by atoms with Gasteiger partial charge in [0, 0.05) is 26.4 Å². The quantitative estimate of drug-likeness (QED) is 0.647. The van der Waals surface area contributed by atoms with Crippen LogP contribution in [0.3, 0.4) is 0 Å². The zero-order valence-corrected chi connectivity index (χ0v) is 11.0. The highest BCUT2D eigenvalue weighted by Gasteiger charge is 2.12. The van der Waals surface area contributed by atoms with Gasteiger partial charge < -0.3 is 5.32 Å². The molecule has 96 valence electrons. The van der Waals surface area contributed by atoms with Crippen molar-refractivity contribution in [2.24, 2.45) is 5.10 Å². The summed E-state index contributed by atoms with van der Waals surface area (Å²) in [5, 5.41) is 9.45. The minimum Gasteiger partial charge on any atom is -0.358 e. The maximum absolute atomic E-state index is 4.22. The largest absolute Gasteiger partial charge is 0.358 e. The van der Waals surface area contributed by atoms with Gasteiger partial charge >= 0.3 is 0 Å². The first-order chi connectivity index (χ1) is 8.79. The fraction of sp³-hybridized carbons (Fsp3) is 0.357. The smallest absolute Gasteiger partial charge is 0.120 e. The summed E-state index contributed by atoms with van der Waals surface area (Å²) in [6.07, 6.45) is 3.96. The lowest BCUT2D eigenvalue weighted by atomic mass is 10.2. The van der Waals surface area contributed by atoms with E-state index in [1.165, 1.54) is 5.56 Å². The summed E-state index contributed by atoms with van der Waals surface area (Å²) in [5.74, 6) is 1.07. The predicted octanol–water partition coefficient (Wildman–Crippen LogP) is 1.83. The lowest BCUT2D eigenvalue weighted by Crippen LogP contribution is -2.41. The van der Waals surface area contributed by atoms with Gasteiger partial charge in [0.05, 0.1) is 6.67 Å². The first kappa shape index (κ1) is 12.6. The number of rotatable bonds is 4. The summed E-state index contributed by atoms with van der Waals surface area (Å²) in [5.41, 5.74) is 1.34. The molecule has 0 radical (unpaired) electrons. The molecule has 0 saturated carbocycles. The van der Waals surface area contributed by atoms with Crippen LogP contribution in [-0.4, -0.2) is 36.4 Å². The molecule has 0 bridgehead atoms. The summed E-state index contributed by atoms with van der Waals surface area (Å²) >= 11 is 0. The molecule has 0 amide bonds. The van der Waals surface area contributed by atoms with Crippen molar-refractivity contribution in [1.29, 1.82) is 0 Å². The van der Waals surface area contributed by atoms with Gasteiger partial charge in [0.2, 0.25) is 0 Å². The third kappa shape index (κ3) is 3.34. The first-order valence-electron chi connectivity index (χ1n) is 6.22. The zero-order chi connectivity index (χ0) is 12.8. The molecule has 18 heavy (non-hydrogen) atoms. The minimum absolute atomic E-state index is 0.851. The van der Waals surface area contributed by atoms with Crippen molar-refractivity contribution in [3.8, 4) is 0 Å². The van der Waals surface area contributed by atoms with Crippen LogP contribution in [0.4, 0.5) is 0 Å². The second-order valence-electron chi connectivity index (χ2n) is 4.32. The molecule has 0 aliphatic carbocycles. The van der Waals surface area contributed by atoms with Crippen LogP contribution in [-0.2, 0) is 6.54 Å². The Bertz CT molecular complexity index is 425. The number of nitrogens with zero attached hydrogens (tertiary/aromatic N) is 3. The monoisotopic (exact) mass is 244 g/mol. The second-order valence-corrected chi connectivity index (χ2v) is 4.32. The molecule has 1 N–H and O–H groups in total. The van der Waals surface area contributed by atoms with E-state index >= 15 is 0 Å². The fourth-order valence-electron chi connectivity index (χ4n) is 1.99. The average Bonchev–Trinajstić information content (AvgIpc) is 2.41. The number of hydrogen-bond acceptors (Lipinski definition) is 4. The van der Waals surface area contributed by atoms with Gasteiger partial charge in [-0.2, -0.15) is 5.10 Å². The maximum Gasteiger partial charge on any atom is 0.120 e. The Morgan fingerprint density at radius 1 is 1.39 bits per heavy atom. The lowest BCUT2D eigenvalue weighted by Gasteiger charge is -2.30. The van der Waals surface area contributed by atoms with Crippen molar-refractivity contribution in [1.82, 2.24) is 15.2 Å². The number of nitrogens with one attached hydrogen (secondary N) is 1. The lowest BCUT2D eigenvalue weighted by molar-refractivity contribution is 0.239. The summed E-state index contributed by atoms with van der Waals surface area (Å²) in [6, 6.07) is 10.5. The highest BCUT2D eigenvalue weighted by atomic mass is 15.5. The van der Waals surface area contributed by atoms with E-state index in [0.29, 0.717) is 0 Å². The Balaban J connectivity index is 1.90. The topological polar surface area (TPSA) is 30.9 Å². The van der Waals surface area contributed by atoms with E-state index in [2.05, 4.69) is 45.7 Å². The van der Waals surface area contributed by atoms with Gasteiger partial charge in [0.1, 0.15) is 5.82 Å². The summed E-state index contributed by atoms with van der Waals surface area (Å²) < 4.78 is 0. The van der Waals surface area contributed by atoms with E-state index < -0.39 is 0 Å². The standard InChI is InChI=1S/C14H20N4/c1-3-16-17(2)14-9-10-18(12-15-14)11-13-7-5-4-6-8-13/h3-9,15H,10-12H2,1-2H3/b16-3+. The Morgan fingerprint density at radius 3 is 2.78 bits per heavy atom. The molecule has 1 aliphatic heterocycles. The van der Waals surface area contributed by atoms with Crippen LogP contribution in [0.5, 0.6) is 0 Å². The van der Waals surface area contributed by atoms with Crippen LogP contribution < -0.4 is 5.32 Å². The molecule has 1 heterocycles. The highest BCUT2D eigenvalue weighted by Crippen LogP contribution is 2.09. The normalized spacial score (nSPS) is 16.4. The van der Waals surface area contributed by atoms with Crippen molar-refractivity contribution in [2.45, 2.75) is 13.5 Å². The van der Waals surface area contributed by atoms with Crippen LogP contribution in [0.15, 0.2) is 47.3 Å². The maximum atomic E-state index is 4.22. The van der Waals surface area contributed by atoms with Gasteiger partial charge in [-0.25, -0.2) is 0 Å². The molecule has 2 rings (SSSR count). The van der Waals surface area contributed by atoms with E-state index in [9.17, 15) is 0 Å². The van der Waals surface area contributed by atoms with E-state index in [0.717, 1.165) is 25.6 Å². The van der Waals surface area contributed by atoms with Crippen LogP contribution >= 0.6 is 0 Å². The number of hydrazone groups is 1. The average molecular weight is 244 g/mol. The predicted molar refractivity (Wildman–Crippen MR) is 74.9 cm³/mol. The van der Waals surface area contributed by atoms with Crippen molar-refractivity contribution < 1.29 is 0 Å². The summed E-state index contributed by atoms with van der Waals surface area (Å²) in [7, 11) is 1.95. The number of benzene rings is 1. The van der Waals surface area contributed by atoms with Crippen LogP contribution in [0.2, 0.25) is 0 Å². The van der Waals surface area contributed by atoms with E-state index in [4.69, 9.17) is 0 Å². The van der Waals surface area contributed by atoms with Gasteiger partial charge in [0.15, 0.2) is 0 Å². The SMILES string of the molecule is C/C=N/N(C)C1=CCN(Cc2ccccc2)CN1. The molecule has 0 aromatic heterocycles.